The minimum absolute atomic E-state index is 0.0710. The van der Waals surface area contributed by atoms with Gasteiger partial charge in [0.25, 0.3) is 0 Å². The molecule has 8 nitrogen and oxygen atoms in total. The van der Waals surface area contributed by atoms with Gasteiger partial charge in [0.15, 0.2) is 0 Å². The van der Waals surface area contributed by atoms with E-state index in [-0.39, 0.29) is 30.7 Å². The van der Waals surface area contributed by atoms with Crippen LogP contribution in [-0.4, -0.2) is 60.9 Å². The maximum absolute atomic E-state index is 14.1. The lowest BCUT2D eigenvalue weighted by atomic mass is 9.84. The predicted octanol–water partition coefficient (Wildman–Crippen LogP) is 4.34. The van der Waals surface area contributed by atoms with Crippen LogP contribution in [-0.2, 0) is 23.9 Å². The molecule has 1 aromatic rings. The van der Waals surface area contributed by atoms with Gasteiger partial charge >= 0.3 is 5.97 Å². The fraction of sp³-hybridized carbons (Fsp3) is 0.655. The number of ether oxygens (including phenoxy) is 1. The Morgan fingerprint density at radius 2 is 1.87 bits per heavy atom. The molecular formula is C29H40ClN3O5. The highest BCUT2D eigenvalue weighted by Crippen LogP contribution is 2.45. The molecule has 3 atom stereocenters. The van der Waals surface area contributed by atoms with Crippen molar-refractivity contribution in [2.24, 2.45) is 16.7 Å². The van der Waals surface area contributed by atoms with E-state index in [4.69, 9.17) is 16.3 Å². The number of hydrogen-bond donors (Lipinski definition) is 1. The monoisotopic (exact) mass is 545 g/mol. The number of benzene rings is 1. The molecule has 0 aromatic heterocycles. The highest BCUT2D eigenvalue weighted by atomic mass is 35.5. The van der Waals surface area contributed by atoms with Crippen LogP contribution in [0.5, 0.6) is 0 Å². The molecule has 2 heterocycles. The Hall–Kier alpha value is -2.61. The van der Waals surface area contributed by atoms with Crippen LogP contribution in [0.2, 0.25) is 5.02 Å². The van der Waals surface area contributed by atoms with Gasteiger partial charge in [0.2, 0.25) is 17.7 Å². The van der Waals surface area contributed by atoms with Gasteiger partial charge in [0, 0.05) is 42.1 Å². The normalized spacial score (nSPS) is 25.1. The van der Waals surface area contributed by atoms with E-state index < -0.39 is 28.9 Å². The predicted molar refractivity (Wildman–Crippen MR) is 146 cm³/mol. The fourth-order valence-electron chi connectivity index (χ4n) is 6.34. The van der Waals surface area contributed by atoms with Gasteiger partial charge in [-0.3, -0.25) is 14.4 Å². The maximum Gasteiger partial charge on any atom is 0.328 e. The molecule has 1 spiro atoms. The molecule has 1 N–H and O–H groups in total. The highest BCUT2D eigenvalue weighted by Gasteiger charge is 2.56. The molecule has 2 aliphatic heterocycles. The number of esters is 1. The second-order valence-corrected chi connectivity index (χ2v) is 12.9. The Morgan fingerprint density at radius 3 is 2.50 bits per heavy atom. The number of methoxy groups -OCH3 is 1. The lowest BCUT2D eigenvalue weighted by Gasteiger charge is -2.36. The summed E-state index contributed by atoms with van der Waals surface area (Å²) in [7, 11) is 1.31. The van der Waals surface area contributed by atoms with E-state index in [1.165, 1.54) is 18.4 Å². The average molecular weight is 546 g/mol. The third kappa shape index (κ3) is 6.16. The molecule has 9 heteroatoms. The van der Waals surface area contributed by atoms with Gasteiger partial charge in [-0.2, -0.15) is 0 Å². The SMILES string of the molecule is COC(=O)C1CC2(CC(=O)N(c3cccc(Cl)c3)C2)CN1C(=O)[C@@H](NC(=O)CC1CCCCC1)C(C)(C)C. The second-order valence-electron chi connectivity index (χ2n) is 12.4. The summed E-state index contributed by atoms with van der Waals surface area (Å²) in [5, 5.41) is 3.54. The van der Waals surface area contributed by atoms with Crippen molar-refractivity contribution in [2.75, 3.05) is 25.1 Å². The first-order valence-electron chi connectivity index (χ1n) is 13.7. The first-order valence-corrected chi connectivity index (χ1v) is 14.0. The van der Waals surface area contributed by atoms with Crippen molar-refractivity contribution in [3.05, 3.63) is 29.3 Å². The Balaban J connectivity index is 1.55. The summed E-state index contributed by atoms with van der Waals surface area (Å²) in [6, 6.07) is 5.49. The molecule has 1 saturated carbocycles. The van der Waals surface area contributed by atoms with Crippen LogP contribution in [0.3, 0.4) is 0 Å². The molecule has 1 aliphatic carbocycles. The van der Waals surface area contributed by atoms with Crippen molar-refractivity contribution in [1.29, 1.82) is 0 Å². The number of nitrogens with one attached hydrogen (secondary N) is 1. The van der Waals surface area contributed by atoms with Crippen LogP contribution in [0.4, 0.5) is 5.69 Å². The average Bonchev–Trinajstić information content (AvgIpc) is 3.40. The number of hydrogen-bond acceptors (Lipinski definition) is 5. The Morgan fingerprint density at radius 1 is 1.16 bits per heavy atom. The van der Waals surface area contributed by atoms with Crippen LogP contribution >= 0.6 is 11.6 Å². The van der Waals surface area contributed by atoms with E-state index in [0.29, 0.717) is 36.0 Å². The molecule has 1 aromatic carbocycles. The number of nitrogens with zero attached hydrogens (tertiary/aromatic N) is 2. The summed E-state index contributed by atoms with van der Waals surface area (Å²) in [4.78, 5) is 56.3. The summed E-state index contributed by atoms with van der Waals surface area (Å²) < 4.78 is 5.08. The number of amides is 3. The molecule has 3 fully saturated rings. The summed E-state index contributed by atoms with van der Waals surface area (Å²) in [5.74, 6) is -0.671. The van der Waals surface area contributed by atoms with Crippen molar-refractivity contribution < 1.29 is 23.9 Å². The molecular weight excluding hydrogens is 506 g/mol. The van der Waals surface area contributed by atoms with Gasteiger partial charge in [-0.25, -0.2) is 4.79 Å². The summed E-state index contributed by atoms with van der Waals surface area (Å²) in [6.07, 6.45) is 6.52. The molecule has 2 unspecified atom stereocenters. The van der Waals surface area contributed by atoms with Gasteiger partial charge in [0.1, 0.15) is 12.1 Å². The number of anilines is 1. The van der Waals surface area contributed by atoms with Crippen molar-refractivity contribution in [3.8, 4) is 0 Å². The third-order valence-corrected chi connectivity index (χ3v) is 8.56. The largest absolute Gasteiger partial charge is 0.467 e. The smallest absolute Gasteiger partial charge is 0.328 e. The van der Waals surface area contributed by atoms with Gasteiger partial charge in [-0.05, 0) is 48.8 Å². The lowest BCUT2D eigenvalue weighted by molar-refractivity contribution is -0.153. The Kier molecular flexibility index (Phi) is 8.40. The van der Waals surface area contributed by atoms with Crippen LogP contribution in [0.15, 0.2) is 24.3 Å². The third-order valence-electron chi connectivity index (χ3n) is 8.32. The molecule has 0 bridgehead atoms. The molecule has 3 aliphatic rings. The first-order chi connectivity index (χ1) is 17.9. The first kappa shape index (κ1) is 28.4. The van der Waals surface area contributed by atoms with Gasteiger partial charge in [-0.15, -0.1) is 0 Å². The lowest BCUT2D eigenvalue weighted by Crippen LogP contribution is -2.57. The van der Waals surface area contributed by atoms with Gasteiger partial charge < -0.3 is 19.9 Å². The van der Waals surface area contributed by atoms with Crippen LogP contribution < -0.4 is 10.2 Å². The summed E-state index contributed by atoms with van der Waals surface area (Å²) in [5.41, 5.74) is -0.474. The topological polar surface area (TPSA) is 96.0 Å². The van der Waals surface area contributed by atoms with Crippen LogP contribution in [0, 0.1) is 16.7 Å². The number of carbonyl (C=O) groups excluding carboxylic acids is 4. The van der Waals surface area contributed by atoms with E-state index in [0.717, 1.165) is 25.7 Å². The number of rotatable bonds is 6. The number of halogens is 1. The zero-order valence-electron chi connectivity index (χ0n) is 22.9. The van der Waals surface area contributed by atoms with E-state index in [9.17, 15) is 19.2 Å². The van der Waals surface area contributed by atoms with Crippen molar-refractivity contribution in [1.82, 2.24) is 10.2 Å². The minimum Gasteiger partial charge on any atom is -0.467 e. The molecule has 2 saturated heterocycles. The zero-order chi connectivity index (χ0) is 27.7. The van der Waals surface area contributed by atoms with Crippen molar-refractivity contribution >= 4 is 41.0 Å². The summed E-state index contributed by atoms with van der Waals surface area (Å²) in [6.45, 7) is 6.34. The van der Waals surface area contributed by atoms with E-state index >= 15 is 0 Å². The highest BCUT2D eigenvalue weighted by molar-refractivity contribution is 6.31. The minimum atomic E-state index is -0.820. The molecule has 38 heavy (non-hydrogen) atoms. The number of likely N-dealkylation sites (tertiary alicyclic amines) is 1. The standard InChI is InChI=1S/C29H40ClN3O5/c1-28(2,3)25(31-23(34)13-19-9-6-5-7-10-19)26(36)33-18-29(15-22(33)27(37)38-4)16-24(35)32(17-29)21-12-8-11-20(30)14-21/h8,11-12,14,19,22,25H,5-7,9-10,13,15-18H2,1-4H3,(H,31,34)/t22?,25-,29?/m1/s1. The van der Waals surface area contributed by atoms with Crippen molar-refractivity contribution in [2.45, 2.75) is 84.2 Å². The molecule has 3 amide bonds. The van der Waals surface area contributed by atoms with E-state index in [2.05, 4.69) is 5.32 Å². The quantitative estimate of drug-likeness (QED) is 0.536. The maximum atomic E-state index is 14.1. The molecule has 4 rings (SSSR count). The second kappa shape index (κ2) is 11.2. The van der Waals surface area contributed by atoms with Crippen LogP contribution in [0.25, 0.3) is 0 Å². The fourth-order valence-corrected chi connectivity index (χ4v) is 6.52. The Labute approximate surface area is 230 Å². The molecule has 0 radical (unpaired) electrons. The van der Waals surface area contributed by atoms with Gasteiger partial charge in [0.05, 0.1) is 7.11 Å². The molecule has 208 valence electrons. The van der Waals surface area contributed by atoms with E-state index in [1.54, 1.807) is 23.1 Å². The zero-order valence-corrected chi connectivity index (χ0v) is 23.7. The number of carbonyl (C=O) groups is 4. The van der Waals surface area contributed by atoms with E-state index in [1.807, 2.05) is 26.8 Å². The summed E-state index contributed by atoms with van der Waals surface area (Å²) >= 11 is 6.16. The van der Waals surface area contributed by atoms with Crippen molar-refractivity contribution in [3.63, 3.8) is 0 Å². The van der Waals surface area contributed by atoms with Gasteiger partial charge in [-0.1, -0.05) is 57.7 Å². The van der Waals surface area contributed by atoms with Crippen LogP contribution in [0.1, 0.15) is 72.1 Å². The Bertz CT molecular complexity index is 1080.